The number of carboxylic acids is 1. The highest BCUT2D eigenvalue weighted by atomic mass is 79.9. The summed E-state index contributed by atoms with van der Waals surface area (Å²) in [4.78, 5) is 33.9. The molecule has 1 aromatic rings. The molecule has 0 amide bonds. The van der Waals surface area contributed by atoms with E-state index in [1.54, 1.807) is 18.2 Å². The molecule has 0 fully saturated rings. The lowest BCUT2D eigenvalue weighted by Gasteiger charge is -2.09. The van der Waals surface area contributed by atoms with Crippen LogP contribution >= 0.6 is 43.6 Å². The number of halogens is 2. The number of thioether (sulfide) groups is 1. The second kappa shape index (κ2) is 7.21. The summed E-state index contributed by atoms with van der Waals surface area (Å²) in [6.07, 6.45) is -0.215. The second-order valence-corrected chi connectivity index (χ2v) is 6.78. The van der Waals surface area contributed by atoms with Crippen LogP contribution in [0.1, 0.15) is 23.7 Å². The molecule has 0 aliphatic rings. The van der Waals surface area contributed by atoms with Crippen LogP contribution in [0.15, 0.2) is 27.1 Å². The van der Waals surface area contributed by atoms with Gasteiger partial charge in [-0.05, 0) is 44.0 Å². The lowest BCUT2D eigenvalue weighted by atomic mass is 10.1. The summed E-state index contributed by atoms with van der Waals surface area (Å²) in [5, 5.41) is 7.60. The third-order valence-electron chi connectivity index (χ3n) is 2.20. The van der Waals surface area contributed by atoms with Crippen molar-refractivity contribution in [3.8, 4) is 0 Å². The molecule has 0 aromatic heterocycles. The average molecular weight is 410 g/mol. The van der Waals surface area contributed by atoms with Gasteiger partial charge in [-0.2, -0.15) is 0 Å². The highest BCUT2D eigenvalue weighted by Gasteiger charge is 2.24. The van der Waals surface area contributed by atoms with Crippen molar-refractivity contribution in [2.45, 2.75) is 18.6 Å². The Hall–Kier alpha value is -0.660. The normalized spacial score (nSPS) is 11.9. The molecule has 0 saturated heterocycles. The fourth-order valence-electron chi connectivity index (χ4n) is 1.34. The molecule has 0 aliphatic carbocycles. The van der Waals surface area contributed by atoms with Crippen molar-refractivity contribution in [3.63, 3.8) is 0 Å². The van der Waals surface area contributed by atoms with Crippen molar-refractivity contribution >= 4 is 60.5 Å². The Morgan fingerprint density at radius 2 is 1.89 bits per heavy atom. The second-order valence-electron chi connectivity index (χ2n) is 3.69. The number of hydrogen-bond acceptors (Lipinski definition) is 4. The van der Waals surface area contributed by atoms with Crippen LogP contribution in [0.5, 0.6) is 0 Å². The van der Waals surface area contributed by atoms with Crippen molar-refractivity contribution in [1.29, 1.82) is 0 Å². The van der Waals surface area contributed by atoms with E-state index in [2.05, 4.69) is 31.9 Å². The van der Waals surface area contributed by atoms with Gasteiger partial charge in [0.05, 0.1) is 0 Å². The summed E-state index contributed by atoms with van der Waals surface area (Å²) in [6.45, 7) is 1.28. The summed E-state index contributed by atoms with van der Waals surface area (Å²) in [5.41, 5.74) is 0.408. The molecule has 0 bridgehead atoms. The minimum atomic E-state index is -1.16. The number of aliphatic carboxylic acids is 1. The molecule has 1 rings (SSSR count). The maximum absolute atomic E-state index is 12.0. The monoisotopic (exact) mass is 408 g/mol. The van der Waals surface area contributed by atoms with Gasteiger partial charge in [-0.15, -0.1) is 0 Å². The van der Waals surface area contributed by atoms with Gasteiger partial charge in [-0.1, -0.05) is 17.8 Å². The van der Waals surface area contributed by atoms with Crippen molar-refractivity contribution in [1.82, 2.24) is 0 Å². The number of carbonyl (C=O) groups is 3. The first kappa shape index (κ1) is 16.4. The van der Waals surface area contributed by atoms with Gasteiger partial charge in [-0.3, -0.25) is 14.4 Å². The van der Waals surface area contributed by atoms with Crippen LogP contribution in [-0.2, 0) is 9.59 Å². The molecule has 1 unspecified atom stereocenters. The highest BCUT2D eigenvalue weighted by molar-refractivity contribution is 9.13. The summed E-state index contributed by atoms with van der Waals surface area (Å²) in [6, 6.07) is 4.92. The zero-order valence-electron chi connectivity index (χ0n) is 9.85. The van der Waals surface area contributed by atoms with Crippen LogP contribution in [0.3, 0.4) is 0 Å². The molecule has 7 heteroatoms. The number of benzene rings is 1. The van der Waals surface area contributed by atoms with Crippen LogP contribution in [0.2, 0.25) is 0 Å². The Balaban J connectivity index is 2.84. The van der Waals surface area contributed by atoms with Crippen LogP contribution in [0.25, 0.3) is 0 Å². The Kier molecular flexibility index (Phi) is 6.22. The van der Waals surface area contributed by atoms with E-state index < -0.39 is 11.2 Å². The minimum Gasteiger partial charge on any atom is -0.480 e. The maximum atomic E-state index is 12.0. The van der Waals surface area contributed by atoms with Gasteiger partial charge < -0.3 is 5.11 Å². The first-order valence-electron chi connectivity index (χ1n) is 5.19. The number of carbonyl (C=O) groups excluding carboxylic acids is 2. The third-order valence-corrected chi connectivity index (χ3v) is 5.06. The Labute approximate surface area is 131 Å². The molecule has 102 valence electrons. The topological polar surface area (TPSA) is 71.4 Å². The predicted molar refractivity (Wildman–Crippen MR) is 80.5 cm³/mol. The average Bonchev–Trinajstić information content (AvgIpc) is 2.31. The van der Waals surface area contributed by atoms with Crippen molar-refractivity contribution in [2.75, 3.05) is 0 Å². The van der Waals surface area contributed by atoms with Crippen LogP contribution in [0.4, 0.5) is 0 Å². The molecule has 0 saturated carbocycles. The van der Waals surface area contributed by atoms with Gasteiger partial charge in [-0.25, -0.2) is 0 Å². The molecule has 4 nitrogen and oxygen atoms in total. The lowest BCUT2D eigenvalue weighted by Crippen LogP contribution is -2.21. The molecule has 1 atom stereocenters. The van der Waals surface area contributed by atoms with Crippen molar-refractivity contribution in [3.05, 3.63) is 32.7 Å². The van der Waals surface area contributed by atoms with E-state index in [4.69, 9.17) is 5.11 Å². The van der Waals surface area contributed by atoms with Gasteiger partial charge in [0.15, 0.2) is 10.9 Å². The number of Topliss-reactive ketones (excluding diaryl/α,β-unsaturated/α-hetero) is 1. The fourth-order valence-corrected chi connectivity index (χ4v) is 2.70. The number of hydrogen-bond donors (Lipinski definition) is 1. The Morgan fingerprint density at radius 3 is 2.37 bits per heavy atom. The number of ketones is 1. The van der Waals surface area contributed by atoms with E-state index in [1.807, 2.05) is 0 Å². The Bertz CT molecular complexity index is 530. The van der Waals surface area contributed by atoms with Gasteiger partial charge in [0.2, 0.25) is 0 Å². The van der Waals surface area contributed by atoms with Crippen LogP contribution in [0, 0.1) is 0 Å². The van der Waals surface area contributed by atoms with Crippen LogP contribution in [-0.4, -0.2) is 27.2 Å². The van der Waals surface area contributed by atoms with E-state index in [0.717, 1.165) is 4.47 Å². The first-order chi connectivity index (χ1) is 8.81. The molecule has 0 heterocycles. The van der Waals surface area contributed by atoms with E-state index >= 15 is 0 Å². The van der Waals surface area contributed by atoms with E-state index in [-0.39, 0.29) is 17.3 Å². The number of rotatable bonds is 5. The van der Waals surface area contributed by atoms with Crippen molar-refractivity contribution < 1.29 is 19.5 Å². The zero-order valence-corrected chi connectivity index (χ0v) is 13.8. The molecule has 19 heavy (non-hydrogen) atoms. The molecule has 0 aliphatic heterocycles. The van der Waals surface area contributed by atoms with Gasteiger partial charge in [0, 0.05) is 27.9 Å². The molecule has 1 N–H and O–H groups in total. The van der Waals surface area contributed by atoms with Gasteiger partial charge in [0.25, 0.3) is 0 Å². The largest absolute Gasteiger partial charge is 0.480 e. The van der Waals surface area contributed by atoms with Gasteiger partial charge in [0.1, 0.15) is 5.25 Å². The molecule has 0 spiro atoms. The molecular formula is C12H10Br2O4S. The summed E-state index contributed by atoms with van der Waals surface area (Å²) in [7, 11) is 0. The Morgan fingerprint density at radius 1 is 1.26 bits per heavy atom. The van der Waals surface area contributed by atoms with Crippen LogP contribution < -0.4 is 0 Å². The highest BCUT2D eigenvalue weighted by Crippen LogP contribution is 2.25. The minimum absolute atomic E-state index is 0.215. The third kappa shape index (κ3) is 5.08. The molecule has 0 radical (unpaired) electrons. The smallest absolute Gasteiger partial charge is 0.317 e. The summed E-state index contributed by atoms with van der Waals surface area (Å²) >= 11 is 7.22. The molecule has 1 aromatic carbocycles. The zero-order chi connectivity index (χ0) is 14.6. The first-order valence-corrected chi connectivity index (χ1v) is 7.66. The van der Waals surface area contributed by atoms with Crippen molar-refractivity contribution in [2.24, 2.45) is 0 Å². The lowest BCUT2D eigenvalue weighted by molar-refractivity contribution is -0.136. The summed E-state index contributed by atoms with van der Waals surface area (Å²) < 4.78 is 1.52. The van der Waals surface area contributed by atoms with E-state index in [9.17, 15) is 14.4 Å². The number of carboxylic acid groups (broad SMARTS) is 1. The standard InChI is InChI=1S/C12H10Br2O4S/c1-6(15)19-11(12(17)18)5-10(16)7-2-3-8(13)9(14)4-7/h2-4,11H,5H2,1H3,(H,17,18). The SMILES string of the molecule is CC(=O)SC(CC(=O)c1ccc(Br)c(Br)c1)C(=O)O. The van der Waals surface area contributed by atoms with Gasteiger partial charge >= 0.3 is 5.97 Å². The van der Waals surface area contributed by atoms with E-state index in [1.165, 1.54) is 6.92 Å². The quantitative estimate of drug-likeness (QED) is 0.753. The predicted octanol–water partition coefficient (Wildman–Crippen LogP) is 3.52. The van der Waals surface area contributed by atoms with E-state index in [0.29, 0.717) is 21.8 Å². The maximum Gasteiger partial charge on any atom is 0.317 e. The summed E-state index contributed by atoms with van der Waals surface area (Å²) in [5.74, 6) is -1.47. The fraction of sp³-hybridized carbons (Fsp3) is 0.250. The molecular weight excluding hydrogens is 400 g/mol.